The lowest BCUT2D eigenvalue weighted by atomic mass is 10.2. The highest BCUT2D eigenvalue weighted by atomic mass is 16.6. The number of carbonyl (C=O) groups is 2. The van der Waals surface area contributed by atoms with Gasteiger partial charge < -0.3 is 15.4 Å². The standard InChI is InChI=1S/C17H23N5O3/c1-17(2,3)25-16(24)19-9-7-14(23)21-13-6-5-8-18-15(13)12-10-20-22(4)11-12/h5-6,8,10-11H,7,9H2,1-4H3,(H,19,24)(H,21,23). The average molecular weight is 345 g/mol. The van der Waals surface area contributed by atoms with Gasteiger partial charge in [-0.15, -0.1) is 0 Å². The number of nitrogens with zero attached hydrogens (tertiary/aromatic N) is 3. The molecule has 0 fully saturated rings. The van der Waals surface area contributed by atoms with Crippen molar-refractivity contribution < 1.29 is 14.3 Å². The van der Waals surface area contributed by atoms with Crippen LogP contribution in [0.3, 0.4) is 0 Å². The Hall–Kier alpha value is -2.90. The van der Waals surface area contributed by atoms with Gasteiger partial charge >= 0.3 is 6.09 Å². The topological polar surface area (TPSA) is 98.1 Å². The average Bonchev–Trinajstić information content (AvgIpc) is 2.92. The fourth-order valence-electron chi connectivity index (χ4n) is 2.08. The van der Waals surface area contributed by atoms with E-state index in [1.165, 1.54) is 0 Å². The van der Waals surface area contributed by atoms with Crippen LogP contribution in [0.4, 0.5) is 10.5 Å². The molecule has 134 valence electrons. The Morgan fingerprint density at radius 1 is 1.32 bits per heavy atom. The number of nitrogens with one attached hydrogen (secondary N) is 2. The van der Waals surface area contributed by atoms with Gasteiger partial charge in [-0.3, -0.25) is 14.5 Å². The van der Waals surface area contributed by atoms with E-state index in [0.29, 0.717) is 11.4 Å². The molecule has 0 unspecified atom stereocenters. The molecule has 2 aromatic rings. The lowest BCUT2D eigenvalue weighted by Crippen LogP contribution is -2.34. The molecule has 0 atom stereocenters. The Morgan fingerprint density at radius 2 is 2.08 bits per heavy atom. The van der Waals surface area contributed by atoms with Crippen molar-refractivity contribution in [1.29, 1.82) is 0 Å². The largest absolute Gasteiger partial charge is 0.444 e. The van der Waals surface area contributed by atoms with Crippen LogP contribution in [0.5, 0.6) is 0 Å². The Balaban J connectivity index is 1.90. The summed E-state index contributed by atoms with van der Waals surface area (Å²) in [6, 6.07) is 3.52. The first-order valence-corrected chi connectivity index (χ1v) is 7.95. The summed E-state index contributed by atoms with van der Waals surface area (Å²) in [5, 5.41) is 9.48. The van der Waals surface area contributed by atoms with Crippen molar-refractivity contribution in [3.05, 3.63) is 30.7 Å². The van der Waals surface area contributed by atoms with Crippen molar-refractivity contribution in [2.24, 2.45) is 7.05 Å². The lowest BCUT2D eigenvalue weighted by molar-refractivity contribution is -0.116. The zero-order valence-corrected chi connectivity index (χ0v) is 14.9. The maximum atomic E-state index is 12.1. The predicted octanol–water partition coefficient (Wildman–Crippen LogP) is 2.34. The first kappa shape index (κ1) is 18.4. The third-order valence-corrected chi connectivity index (χ3v) is 3.08. The van der Waals surface area contributed by atoms with E-state index >= 15 is 0 Å². The zero-order valence-electron chi connectivity index (χ0n) is 14.9. The molecule has 2 heterocycles. The van der Waals surface area contributed by atoms with Crippen LogP contribution in [-0.4, -0.2) is 38.9 Å². The van der Waals surface area contributed by atoms with E-state index in [9.17, 15) is 9.59 Å². The fourth-order valence-corrected chi connectivity index (χ4v) is 2.08. The van der Waals surface area contributed by atoms with E-state index in [0.717, 1.165) is 5.56 Å². The minimum absolute atomic E-state index is 0.126. The second kappa shape index (κ2) is 7.78. The second-order valence-electron chi connectivity index (χ2n) is 6.53. The van der Waals surface area contributed by atoms with Crippen molar-refractivity contribution in [2.45, 2.75) is 32.8 Å². The summed E-state index contributed by atoms with van der Waals surface area (Å²) in [4.78, 5) is 28.0. The lowest BCUT2D eigenvalue weighted by Gasteiger charge is -2.19. The van der Waals surface area contributed by atoms with Gasteiger partial charge in [-0.1, -0.05) is 0 Å². The van der Waals surface area contributed by atoms with Gasteiger partial charge in [-0.2, -0.15) is 5.10 Å². The molecule has 0 aromatic carbocycles. The number of rotatable bonds is 5. The first-order chi connectivity index (χ1) is 11.7. The van der Waals surface area contributed by atoms with Gasteiger partial charge in [0.1, 0.15) is 5.60 Å². The third-order valence-electron chi connectivity index (χ3n) is 3.08. The summed E-state index contributed by atoms with van der Waals surface area (Å²) >= 11 is 0. The van der Waals surface area contributed by atoms with E-state index in [1.54, 1.807) is 50.0 Å². The van der Waals surface area contributed by atoms with Gasteiger partial charge in [0.2, 0.25) is 5.91 Å². The highest BCUT2D eigenvalue weighted by Crippen LogP contribution is 2.24. The Labute approximate surface area is 146 Å². The molecule has 25 heavy (non-hydrogen) atoms. The molecule has 2 aromatic heterocycles. The number of amides is 2. The van der Waals surface area contributed by atoms with Crippen LogP contribution in [0, 0.1) is 0 Å². The molecule has 0 bridgehead atoms. The summed E-state index contributed by atoms with van der Waals surface area (Å²) in [5.74, 6) is -0.228. The molecular weight excluding hydrogens is 322 g/mol. The molecule has 2 amide bonds. The fraction of sp³-hybridized carbons (Fsp3) is 0.412. The maximum absolute atomic E-state index is 12.1. The van der Waals surface area contributed by atoms with E-state index in [-0.39, 0.29) is 18.9 Å². The van der Waals surface area contributed by atoms with E-state index in [1.807, 2.05) is 13.2 Å². The Kier molecular flexibility index (Phi) is 5.74. The maximum Gasteiger partial charge on any atom is 0.407 e. The van der Waals surface area contributed by atoms with E-state index < -0.39 is 11.7 Å². The number of ether oxygens (including phenoxy) is 1. The monoisotopic (exact) mass is 345 g/mol. The summed E-state index contributed by atoms with van der Waals surface area (Å²) in [7, 11) is 1.81. The van der Waals surface area contributed by atoms with Crippen molar-refractivity contribution in [3.63, 3.8) is 0 Å². The zero-order chi connectivity index (χ0) is 18.4. The molecule has 2 N–H and O–H groups in total. The number of anilines is 1. The van der Waals surface area contributed by atoms with Gasteiger partial charge in [0.25, 0.3) is 0 Å². The van der Waals surface area contributed by atoms with Crippen molar-refractivity contribution in [3.8, 4) is 11.3 Å². The van der Waals surface area contributed by atoms with Crippen molar-refractivity contribution in [1.82, 2.24) is 20.1 Å². The highest BCUT2D eigenvalue weighted by Gasteiger charge is 2.16. The van der Waals surface area contributed by atoms with Crippen LogP contribution in [0.15, 0.2) is 30.7 Å². The summed E-state index contributed by atoms with van der Waals surface area (Å²) in [5.41, 5.74) is 1.48. The number of hydrogen-bond acceptors (Lipinski definition) is 5. The van der Waals surface area contributed by atoms with Gasteiger partial charge in [0, 0.05) is 38.0 Å². The normalized spacial score (nSPS) is 11.0. The van der Waals surface area contributed by atoms with Gasteiger partial charge in [0.05, 0.1) is 17.6 Å². The predicted molar refractivity (Wildman–Crippen MR) is 93.9 cm³/mol. The minimum Gasteiger partial charge on any atom is -0.444 e. The molecule has 0 spiro atoms. The molecule has 0 aliphatic rings. The molecule has 8 nitrogen and oxygen atoms in total. The smallest absolute Gasteiger partial charge is 0.407 e. The van der Waals surface area contributed by atoms with Crippen LogP contribution in [0.1, 0.15) is 27.2 Å². The van der Waals surface area contributed by atoms with Crippen LogP contribution in [0.2, 0.25) is 0 Å². The van der Waals surface area contributed by atoms with Crippen molar-refractivity contribution >= 4 is 17.7 Å². The number of pyridine rings is 1. The number of aromatic nitrogens is 3. The van der Waals surface area contributed by atoms with Crippen LogP contribution < -0.4 is 10.6 Å². The molecule has 0 radical (unpaired) electrons. The van der Waals surface area contributed by atoms with E-state index in [4.69, 9.17) is 4.74 Å². The summed E-state index contributed by atoms with van der Waals surface area (Å²) in [6.45, 7) is 5.52. The molecule has 8 heteroatoms. The van der Waals surface area contributed by atoms with Gasteiger partial charge in [0.15, 0.2) is 0 Å². The molecule has 0 aliphatic carbocycles. The quantitative estimate of drug-likeness (QED) is 0.867. The SMILES string of the molecule is Cn1cc(-c2ncccc2NC(=O)CCNC(=O)OC(C)(C)C)cn1. The number of aryl methyl sites for hydroxylation is 1. The van der Waals surface area contributed by atoms with Gasteiger partial charge in [-0.05, 0) is 32.9 Å². The molecule has 0 saturated carbocycles. The molecule has 0 aliphatic heterocycles. The number of alkyl carbamates (subject to hydrolysis) is 1. The first-order valence-electron chi connectivity index (χ1n) is 7.95. The molecular formula is C17H23N5O3. The van der Waals surface area contributed by atoms with Crippen LogP contribution in [-0.2, 0) is 16.6 Å². The third kappa shape index (κ3) is 5.91. The summed E-state index contributed by atoms with van der Waals surface area (Å²) < 4.78 is 6.78. The van der Waals surface area contributed by atoms with Crippen LogP contribution >= 0.6 is 0 Å². The highest BCUT2D eigenvalue weighted by molar-refractivity contribution is 5.94. The Bertz CT molecular complexity index is 749. The van der Waals surface area contributed by atoms with Gasteiger partial charge in [-0.25, -0.2) is 4.79 Å². The second-order valence-corrected chi connectivity index (χ2v) is 6.53. The van der Waals surface area contributed by atoms with Crippen molar-refractivity contribution in [2.75, 3.05) is 11.9 Å². The van der Waals surface area contributed by atoms with E-state index in [2.05, 4.69) is 20.7 Å². The summed E-state index contributed by atoms with van der Waals surface area (Å²) in [6.07, 6.45) is 4.74. The Morgan fingerprint density at radius 3 is 2.72 bits per heavy atom. The number of carbonyl (C=O) groups excluding carboxylic acids is 2. The van der Waals surface area contributed by atoms with Crippen LogP contribution in [0.25, 0.3) is 11.3 Å². The minimum atomic E-state index is -0.569. The molecule has 0 saturated heterocycles. The molecule has 2 rings (SSSR count). The number of hydrogen-bond donors (Lipinski definition) is 2.